The number of aromatic nitrogens is 4. The van der Waals surface area contributed by atoms with Crippen molar-refractivity contribution in [1.82, 2.24) is 19.5 Å². The summed E-state index contributed by atoms with van der Waals surface area (Å²) in [6, 6.07) is 0. The Morgan fingerprint density at radius 3 is 3.00 bits per heavy atom. The van der Waals surface area contributed by atoms with E-state index in [-0.39, 0.29) is 12.4 Å². The van der Waals surface area contributed by atoms with E-state index >= 15 is 0 Å². The van der Waals surface area contributed by atoms with Gasteiger partial charge in [0, 0.05) is 6.42 Å². The number of anilines is 1. The second-order valence-corrected chi connectivity index (χ2v) is 5.01. The zero-order valence-electron chi connectivity index (χ0n) is 9.77. The molecule has 1 fully saturated rings. The molecule has 4 N–H and O–H groups in total. The highest BCUT2D eigenvalue weighted by atomic mass is 79.9. The number of aliphatic hydroxyl groups is 2. The Balaban J connectivity index is 2.06. The third kappa shape index (κ3) is 1.98. The summed E-state index contributed by atoms with van der Waals surface area (Å²) < 4.78 is 7.77. The summed E-state index contributed by atoms with van der Waals surface area (Å²) >= 11 is 3.32. The number of imidazole rings is 1. The van der Waals surface area contributed by atoms with Gasteiger partial charge < -0.3 is 20.7 Å². The molecule has 1 aliphatic heterocycles. The second kappa shape index (κ2) is 4.67. The van der Waals surface area contributed by atoms with Gasteiger partial charge in [0.15, 0.2) is 21.7 Å². The molecule has 0 radical (unpaired) electrons. The summed E-state index contributed by atoms with van der Waals surface area (Å²) in [4.78, 5) is 12.3. The Hall–Kier alpha value is -1.29. The fourth-order valence-corrected chi connectivity index (χ4v) is 2.77. The molecule has 3 rings (SSSR count). The molecule has 9 heteroatoms. The highest BCUT2D eigenvalue weighted by Gasteiger charge is 2.36. The number of hydrogen-bond acceptors (Lipinski definition) is 7. The predicted octanol–water partition coefficient (Wildman–Crippen LogP) is -0.188. The van der Waals surface area contributed by atoms with Crippen LogP contribution in [-0.2, 0) is 4.74 Å². The molecule has 0 aliphatic carbocycles. The standard InChI is InChI=1S/C10H12BrN5O3/c11-10-15-7-8(12)13-3-14-9(7)16(10)6-1-4(18)5(2-17)19-6/h3-6,17-18H,1-2H2,(H2,12,13,14)/t4-,5+,6+/m1/s1. The SMILES string of the molecule is Nc1ncnc2c1nc(Br)n2[C@@H]1C[C@@H](O)[C@H](CO)O1. The van der Waals surface area contributed by atoms with E-state index in [1.165, 1.54) is 6.33 Å². The Kier molecular flexibility index (Phi) is 3.13. The zero-order chi connectivity index (χ0) is 13.6. The fourth-order valence-electron chi connectivity index (χ4n) is 2.19. The van der Waals surface area contributed by atoms with Crippen molar-refractivity contribution in [1.29, 1.82) is 0 Å². The van der Waals surface area contributed by atoms with Crippen LogP contribution in [-0.4, -0.2) is 48.5 Å². The maximum atomic E-state index is 9.78. The molecule has 0 saturated carbocycles. The third-order valence-corrected chi connectivity index (χ3v) is 3.69. The number of nitrogens with two attached hydrogens (primary N) is 1. The minimum atomic E-state index is -0.724. The van der Waals surface area contributed by atoms with E-state index in [4.69, 9.17) is 15.6 Å². The zero-order valence-corrected chi connectivity index (χ0v) is 11.4. The number of fused-ring (bicyclic) bond motifs is 1. The van der Waals surface area contributed by atoms with Crippen LogP contribution in [0.3, 0.4) is 0 Å². The number of aliphatic hydroxyl groups excluding tert-OH is 2. The Morgan fingerprint density at radius 2 is 2.32 bits per heavy atom. The molecule has 0 bridgehead atoms. The lowest BCUT2D eigenvalue weighted by Gasteiger charge is -2.14. The maximum Gasteiger partial charge on any atom is 0.181 e. The number of hydrogen-bond donors (Lipinski definition) is 3. The van der Waals surface area contributed by atoms with Gasteiger partial charge in [-0.05, 0) is 15.9 Å². The number of rotatable bonds is 2. The van der Waals surface area contributed by atoms with Crippen LogP contribution in [0.25, 0.3) is 11.2 Å². The van der Waals surface area contributed by atoms with E-state index in [0.29, 0.717) is 22.3 Å². The lowest BCUT2D eigenvalue weighted by Crippen LogP contribution is -2.24. The molecule has 1 aliphatic rings. The van der Waals surface area contributed by atoms with Gasteiger partial charge in [0.1, 0.15) is 18.7 Å². The average molecular weight is 330 g/mol. The van der Waals surface area contributed by atoms with Crippen LogP contribution in [0.15, 0.2) is 11.1 Å². The molecule has 3 heterocycles. The van der Waals surface area contributed by atoms with Crippen LogP contribution >= 0.6 is 15.9 Å². The largest absolute Gasteiger partial charge is 0.394 e. The van der Waals surface area contributed by atoms with Gasteiger partial charge in [0.05, 0.1) is 12.7 Å². The van der Waals surface area contributed by atoms with Crippen LogP contribution in [0.2, 0.25) is 0 Å². The molecule has 102 valence electrons. The van der Waals surface area contributed by atoms with E-state index in [1.54, 1.807) is 4.57 Å². The highest BCUT2D eigenvalue weighted by Crippen LogP contribution is 2.34. The van der Waals surface area contributed by atoms with Gasteiger partial charge in [-0.25, -0.2) is 15.0 Å². The Labute approximate surface area is 116 Å². The Morgan fingerprint density at radius 1 is 1.53 bits per heavy atom. The van der Waals surface area contributed by atoms with Gasteiger partial charge in [-0.2, -0.15) is 0 Å². The van der Waals surface area contributed by atoms with Crippen LogP contribution in [0.5, 0.6) is 0 Å². The topological polar surface area (TPSA) is 119 Å². The molecule has 0 amide bonds. The van der Waals surface area contributed by atoms with Gasteiger partial charge in [-0.15, -0.1) is 0 Å². The lowest BCUT2D eigenvalue weighted by molar-refractivity contribution is -0.0439. The molecule has 19 heavy (non-hydrogen) atoms. The van der Waals surface area contributed by atoms with E-state index in [9.17, 15) is 5.11 Å². The van der Waals surface area contributed by atoms with E-state index < -0.39 is 18.4 Å². The molecule has 2 aromatic rings. The van der Waals surface area contributed by atoms with Crippen molar-refractivity contribution in [2.24, 2.45) is 0 Å². The first kappa shape index (κ1) is 12.7. The summed E-state index contributed by atoms with van der Waals surface area (Å²) in [6.07, 6.45) is -0.0935. The predicted molar refractivity (Wildman–Crippen MR) is 69.1 cm³/mol. The van der Waals surface area contributed by atoms with E-state index in [1.807, 2.05) is 0 Å². The monoisotopic (exact) mass is 329 g/mol. The van der Waals surface area contributed by atoms with Crippen LogP contribution in [0.1, 0.15) is 12.6 Å². The normalized spacial score (nSPS) is 27.2. The summed E-state index contributed by atoms with van der Waals surface area (Å²) in [6.45, 7) is -0.237. The molecule has 1 saturated heterocycles. The third-order valence-electron chi connectivity index (χ3n) is 3.13. The summed E-state index contributed by atoms with van der Waals surface area (Å²) in [7, 11) is 0. The minimum Gasteiger partial charge on any atom is -0.394 e. The van der Waals surface area contributed by atoms with Crippen LogP contribution in [0, 0.1) is 0 Å². The van der Waals surface area contributed by atoms with E-state index in [2.05, 4.69) is 30.9 Å². The minimum absolute atomic E-state index is 0.237. The average Bonchev–Trinajstić information content (AvgIpc) is 2.90. The first-order valence-electron chi connectivity index (χ1n) is 5.70. The smallest absolute Gasteiger partial charge is 0.181 e. The van der Waals surface area contributed by atoms with Crippen molar-refractivity contribution in [3.8, 4) is 0 Å². The van der Waals surface area contributed by atoms with Gasteiger partial charge in [-0.1, -0.05) is 0 Å². The quantitative estimate of drug-likeness (QED) is 0.653. The van der Waals surface area contributed by atoms with Crippen molar-refractivity contribution in [2.75, 3.05) is 12.3 Å². The molecule has 0 unspecified atom stereocenters. The first-order chi connectivity index (χ1) is 9.11. The second-order valence-electron chi connectivity index (χ2n) is 4.30. The first-order valence-corrected chi connectivity index (χ1v) is 6.49. The molecular formula is C10H12BrN5O3. The summed E-state index contributed by atoms with van der Waals surface area (Å²) in [5.41, 5.74) is 6.74. The lowest BCUT2D eigenvalue weighted by atomic mass is 10.2. The van der Waals surface area contributed by atoms with Crippen molar-refractivity contribution >= 4 is 32.9 Å². The molecular weight excluding hydrogens is 318 g/mol. The molecule has 2 aromatic heterocycles. The maximum absolute atomic E-state index is 9.78. The van der Waals surface area contributed by atoms with Gasteiger partial charge in [0.25, 0.3) is 0 Å². The van der Waals surface area contributed by atoms with Crippen LogP contribution in [0.4, 0.5) is 5.82 Å². The van der Waals surface area contributed by atoms with Gasteiger partial charge in [0.2, 0.25) is 0 Å². The van der Waals surface area contributed by atoms with Gasteiger partial charge >= 0.3 is 0 Å². The fraction of sp³-hybridized carbons (Fsp3) is 0.500. The van der Waals surface area contributed by atoms with Gasteiger partial charge in [-0.3, -0.25) is 4.57 Å². The van der Waals surface area contributed by atoms with Crippen molar-refractivity contribution < 1.29 is 14.9 Å². The molecule has 0 aromatic carbocycles. The molecule has 8 nitrogen and oxygen atoms in total. The molecule has 0 spiro atoms. The number of halogens is 1. The summed E-state index contributed by atoms with van der Waals surface area (Å²) in [5.74, 6) is 0.279. The van der Waals surface area contributed by atoms with E-state index in [0.717, 1.165) is 0 Å². The Bertz CT molecular complexity index is 618. The number of nitrogens with zero attached hydrogens (tertiary/aromatic N) is 4. The number of ether oxygens (including phenoxy) is 1. The summed E-state index contributed by atoms with van der Waals surface area (Å²) in [5, 5.41) is 18.9. The van der Waals surface area contributed by atoms with Crippen molar-refractivity contribution in [3.63, 3.8) is 0 Å². The number of nitrogen functional groups attached to an aromatic ring is 1. The van der Waals surface area contributed by atoms with Crippen molar-refractivity contribution in [3.05, 3.63) is 11.1 Å². The van der Waals surface area contributed by atoms with Crippen LogP contribution < -0.4 is 5.73 Å². The molecule has 3 atom stereocenters. The highest BCUT2D eigenvalue weighted by molar-refractivity contribution is 9.10. The van der Waals surface area contributed by atoms with Crippen molar-refractivity contribution in [2.45, 2.75) is 24.9 Å².